The van der Waals surface area contributed by atoms with Crippen molar-refractivity contribution in [1.29, 1.82) is 0 Å². The van der Waals surface area contributed by atoms with E-state index in [0.29, 0.717) is 6.04 Å². The average molecular weight is 397 g/mol. The van der Waals surface area contributed by atoms with Gasteiger partial charge in [0.2, 0.25) is 0 Å². The normalized spacial score (nSPS) is 17.7. The first-order chi connectivity index (χ1) is 13.7. The lowest BCUT2D eigenvalue weighted by atomic mass is 10.0. The molecule has 1 aromatic heterocycles. The predicted octanol–water partition coefficient (Wildman–Crippen LogP) is 4.17. The van der Waals surface area contributed by atoms with Gasteiger partial charge < -0.3 is 15.1 Å². The number of nitrogens with one attached hydrogen (secondary N) is 1. The Morgan fingerprint density at radius 1 is 1.18 bits per heavy atom. The van der Waals surface area contributed by atoms with E-state index in [-0.39, 0.29) is 0 Å². The van der Waals surface area contributed by atoms with Crippen LogP contribution < -0.4 is 10.2 Å². The highest BCUT2D eigenvalue weighted by Crippen LogP contribution is 2.23. The fourth-order valence-corrected chi connectivity index (χ4v) is 4.22. The number of aromatic nitrogens is 1. The van der Waals surface area contributed by atoms with Gasteiger partial charge in [0.25, 0.3) is 0 Å². The number of hydrogen-bond acceptors (Lipinski definition) is 4. The first kappa shape index (κ1) is 19.4. The molecule has 0 atom stereocenters. The summed E-state index contributed by atoms with van der Waals surface area (Å²) >= 11 is 6.12. The highest BCUT2D eigenvalue weighted by molar-refractivity contribution is 6.31. The third kappa shape index (κ3) is 4.75. The van der Waals surface area contributed by atoms with Gasteiger partial charge in [-0.15, -0.1) is 0 Å². The van der Waals surface area contributed by atoms with Gasteiger partial charge in [0.05, 0.1) is 11.4 Å². The second-order valence-corrected chi connectivity index (χ2v) is 8.24. The lowest BCUT2D eigenvalue weighted by Gasteiger charge is -2.34. The van der Waals surface area contributed by atoms with Gasteiger partial charge in [0.1, 0.15) is 0 Å². The summed E-state index contributed by atoms with van der Waals surface area (Å²) in [4.78, 5) is 9.44. The van der Waals surface area contributed by atoms with E-state index >= 15 is 0 Å². The fraction of sp³-hybridized carbons (Fsp3) is 0.435. The Morgan fingerprint density at radius 3 is 2.86 bits per heavy atom. The van der Waals surface area contributed by atoms with E-state index in [1.807, 2.05) is 18.3 Å². The van der Waals surface area contributed by atoms with Crippen molar-refractivity contribution in [2.24, 2.45) is 0 Å². The average Bonchev–Trinajstić information content (AvgIpc) is 2.74. The van der Waals surface area contributed by atoms with E-state index in [4.69, 9.17) is 11.6 Å². The maximum Gasteiger partial charge on any atom is 0.0678 e. The molecule has 1 N–H and O–H groups in total. The van der Waals surface area contributed by atoms with Crippen molar-refractivity contribution in [2.45, 2.75) is 38.8 Å². The number of aryl methyl sites for hydroxylation is 1. The number of benzene rings is 1. The molecule has 1 aromatic carbocycles. The van der Waals surface area contributed by atoms with Gasteiger partial charge in [0, 0.05) is 49.5 Å². The molecule has 0 saturated carbocycles. The number of rotatable bonds is 6. The molecule has 1 saturated heterocycles. The summed E-state index contributed by atoms with van der Waals surface area (Å²) in [6.45, 7) is 7.43. The zero-order chi connectivity index (χ0) is 19.3. The van der Waals surface area contributed by atoms with Crippen LogP contribution in [0.3, 0.4) is 0 Å². The van der Waals surface area contributed by atoms with Crippen LogP contribution in [-0.2, 0) is 13.0 Å². The smallest absolute Gasteiger partial charge is 0.0678 e. The molecule has 0 spiro atoms. The van der Waals surface area contributed by atoms with Crippen molar-refractivity contribution in [3.8, 4) is 0 Å². The van der Waals surface area contributed by atoms with Gasteiger partial charge in [0.15, 0.2) is 0 Å². The number of halogens is 1. The molecule has 4 nitrogen and oxygen atoms in total. The fourth-order valence-electron chi connectivity index (χ4n) is 4.10. The summed E-state index contributed by atoms with van der Waals surface area (Å²) < 4.78 is 0. The number of hydrogen-bond donors (Lipinski definition) is 1. The molecule has 148 valence electrons. The second-order valence-electron chi connectivity index (χ2n) is 7.83. The minimum absolute atomic E-state index is 0.604. The number of likely N-dealkylation sites (tertiary alicyclic amines) is 1. The standard InChI is InChI=1S/C23H29ClN4/c1-18-16-19(6-7-21(18)24)17-26-20-8-12-27(13-9-20)14-15-28-11-3-4-22-23(28)5-2-10-25-22/h2-3,5-7,10-11,16,20,26H,4,8-9,12-15,17H2,1H3. The molecule has 4 rings (SSSR count). The molecule has 1 fully saturated rings. The van der Waals surface area contributed by atoms with Crippen molar-refractivity contribution in [3.63, 3.8) is 0 Å². The van der Waals surface area contributed by atoms with Gasteiger partial charge in [-0.2, -0.15) is 0 Å². The quantitative estimate of drug-likeness (QED) is 0.793. The van der Waals surface area contributed by atoms with Crippen molar-refractivity contribution in [3.05, 3.63) is 70.6 Å². The Morgan fingerprint density at radius 2 is 2.04 bits per heavy atom. The predicted molar refractivity (Wildman–Crippen MR) is 117 cm³/mol. The molecule has 2 aliphatic rings. The maximum absolute atomic E-state index is 6.12. The summed E-state index contributed by atoms with van der Waals surface area (Å²) in [6.07, 6.45) is 9.67. The lowest BCUT2D eigenvalue weighted by molar-refractivity contribution is 0.201. The minimum Gasteiger partial charge on any atom is -0.346 e. The minimum atomic E-state index is 0.604. The van der Waals surface area contributed by atoms with E-state index in [2.05, 4.69) is 57.5 Å². The van der Waals surface area contributed by atoms with Crippen LogP contribution in [-0.4, -0.2) is 42.1 Å². The van der Waals surface area contributed by atoms with E-state index in [1.165, 1.54) is 29.8 Å². The second kappa shape index (κ2) is 9.08. The molecule has 0 aliphatic carbocycles. The van der Waals surface area contributed by atoms with Crippen molar-refractivity contribution in [1.82, 2.24) is 15.2 Å². The first-order valence-electron chi connectivity index (χ1n) is 10.3. The third-order valence-electron chi connectivity index (χ3n) is 5.83. The molecule has 5 heteroatoms. The highest BCUT2D eigenvalue weighted by Gasteiger charge is 2.20. The number of allylic oxidation sites excluding steroid dienone is 1. The van der Waals surface area contributed by atoms with Gasteiger partial charge in [-0.25, -0.2) is 0 Å². The zero-order valence-corrected chi connectivity index (χ0v) is 17.3. The molecule has 0 amide bonds. The zero-order valence-electron chi connectivity index (χ0n) is 16.6. The van der Waals surface area contributed by atoms with Crippen LogP contribution in [0.5, 0.6) is 0 Å². The lowest BCUT2D eigenvalue weighted by Crippen LogP contribution is -2.44. The van der Waals surface area contributed by atoms with Crippen LogP contribution in [0.25, 0.3) is 0 Å². The third-order valence-corrected chi connectivity index (χ3v) is 6.26. The maximum atomic E-state index is 6.12. The first-order valence-corrected chi connectivity index (χ1v) is 10.6. The van der Waals surface area contributed by atoms with E-state index < -0.39 is 0 Å². The van der Waals surface area contributed by atoms with Crippen LogP contribution in [0.2, 0.25) is 5.02 Å². The largest absolute Gasteiger partial charge is 0.346 e. The molecule has 0 radical (unpaired) electrons. The molecule has 2 aliphatic heterocycles. The number of nitrogens with zero attached hydrogens (tertiary/aromatic N) is 3. The van der Waals surface area contributed by atoms with Crippen molar-refractivity contribution in [2.75, 3.05) is 31.1 Å². The molecule has 3 heterocycles. The summed E-state index contributed by atoms with van der Waals surface area (Å²) in [6, 6.07) is 11.1. The molecule has 0 bridgehead atoms. The topological polar surface area (TPSA) is 31.4 Å². The molecular formula is C23H29ClN4. The monoisotopic (exact) mass is 396 g/mol. The summed E-state index contributed by atoms with van der Waals surface area (Å²) in [7, 11) is 0. The summed E-state index contributed by atoms with van der Waals surface area (Å²) in [5, 5.41) is 4.57. The van der Waals surface area contributed by atoms with Crippen molar-refractivity contribution < 1.29 is 0 Å². The van der Waals surface area contributed by atoms with Gasteiger partial charge in [-0.3, -0.25) is 4.98 Å². The number of pyridine rings is 1. The number of fused-ring (bicyclic) bond motifs is 1. The Labute approximate surface area is 173 Å². The molecule has 2 aromatic rings. The Kier molecular flexibility index (Phi) is 6.30. The van der Waals surface area contributed by atoms with Crippen LogP contribution >= 0.6 is 11.6 Å². The summed E-state index contributed by atoms with van der Waals surface area (Å²) in [5.41, 5.74) is 4.91. The van der Waals surface area contributed by atoms with Crippen molar-refractivity contribution >= 4 is 17.3 Å². The van der Waals surface area contributed by atoms with Gasteiger partial charge >= 0.3 is 0 Å². The van der Waals surface area contributed by atoms with E-state index in [0.717, 1.165) is 49.7 Å². The van der Waals surface area contributed by atoms with Crippen LogP contribution in [0.1, 0.15) is 29.7 Å². The van der Waals surface area contributed by atoms with Gasteiger partial charge in [-0.05, 0) is 62.2 Å². The van der Waals surface area contributed by atoms with E-state index in [1.54, 1.807) is 0 Å². The van der Waals surface area contributed by atoms with Crippen LogP contribution in [0, 0.1) is 6.92 Å². The highest BCUT2D eigenvalue weighted by atomic mass is 35.5. The SMILES string of the molecule is Cc1cc(CNC2CCN(CCN3C=CCc4ncccc43)CC2)ccc1Cl. The Hall–Kier alpha value is -1.88. The van der Waals surface area contributed by atoms with Gasteiger partial charge in [-0.1, -0.05) is 29.8 Å². The number of anilines is 1. The molecular weight excluding hydrogens is 368 g/mol. The Balaban J connectivity index is 1.21. The number of piperidine rings is 1. The molecule has 28 heavy (non-hydrogen) atoms. The molecule has 0 unspecified atom stereocenters. The van der Waals surface area contributed by atoms with Crippen LogP contribution in [0.4, 0.5) is 5.69 Å². The van der Waals surface area contributed by atoms with Crippen LogP contribution in [0.15, 0.2) is 48.8 Å². The van der Waals surface area contributed by atoms with E-state index in [9.17, 15) is 0 Å². The summed E-state index contributed by atoms with van der Waals surface area (Å²) in [5.74, 6) is 0. The Bertz CT molecular complexity index is 827.